The van der Waals surface area contributed by atoms with Crippen LogP contribution in [0.3, 0.4) is 0 Å². The van der Waals surface area contributed by atoms with E-state index in [0.717, 1.165) is 11.1 Å². The van der Waals surface area contributed by atoms with Crippen molar-refractivity contribution in [2.45, 2.75) is 13.5 Å². The quantitative estimate of drug-likeness (QED) is 0.824. The van der Waals surface area contributed by atoms with Crippen molar-refractivity contribution in [1.29, 1.82) is 0 Å². The molecule has 0 spiro atoms. The van der Waals surface area contributed by atoms with E-state index in [0.29, 0.717) is 23.7 Å². The van der Waals surface area contributed by atoms with Gasteiger partial charge in [0.1, 0.15) is 6.61 Å². The molecule has 0 aliphatic carbocycles. The number of aryl methyl sites for hydroxylation is 1. The average molecular weight is 330 g/mol. The van der Waals surface area contributed by atoms with Crippen molar-refractivity contribution in [2.24, 2.45) is 5.73 Å². The van der Waals surface area contributed by atoms with Crippen molar-refractivity contribution in [2.75, 3.05) is 7.11 Å². The number of methoxy groups -OCH3 is 1. The maximum Gasteiger partial charge on any atom is 0.257 e. The first-order valence-corrected chi connectivity index (χ1v) is 7.38. The molecule has 0 aliphatic heterocycles. The molecule has 0 aromatic heterocycles. The summed E-state index contributed by atoms with van der Waals surface area (Å²) in [5.74, 6) is 0.637. The van der Waals surface area contributed by atoms with Gasteiger partial charge in [-0.1, -0.05) is 24.3 Å². The fraction of sp³-hybridized carbons (Fsp3) is 0.176. The highest BCUT2D eigenvalue weighted by atomic mass is 32.1. The smallest absolute Gasteiger partial charge is 0.257 e. The Morgan fingerprint density at radius 3 is 2.61 bits per heavy atom. The van der Waals surface area contributed by atoms with Gasteiger partial charge in [-0.15, -0.1) is 0 Å². The molecule has 0 radical (unpaired) electrons. The number of carbonyl (C=O) groups excluding carboxylic acids is 1. The van der Waals surface area contributed by atoms with Gasteiger partial charge in [0.25, 0.3) is 5.91 Å². The number of thiocarbonyl (C=S) groups is 1. The molecular formula is C17H18N2O3S. The zero-order chi connectivity index (χ0) is 16.8. The first-order chi connectivity index (χ1) is 11.0. The van der Waals surface area contributed by atoms with Crippen LogP contribution in [0.1, 0.15) is 21.5 Å². The Labute approximate surface area is 140 Å². The van der Waals surface area contributed by atoms with Crippen LogP contribution in [0.15, 0.2) is 42.5 Å². The highest BCUT2D eigenvalue weighted by Crippen LogP contribution is 2.29. The molecule has 0 fully saturated rings. The lowest BCUT2D eigenvalue weighted by Gasteiger charge is -2.13. The summed E-state index contributed by atoms with van der Waals surface area (Å²) in [4.78, 5) is 11.9. The van der Waals surface area contributed by atoms with E-state index in [9.17, 15) is 4.79 Å². The summed E-state index contributed by atoms with van der Waals surface area (Å²) in [7, 11) is 1.52. The molecule has 3 N–H and O–H groups in total. The lowest BCUT2D eigenvalue weighted by atomic mass is 10.1. The number of hydrogen-bond acceptors (Lipinski definition) is 4. The molecule has 0 heterocycles. The number of hydrogen-bond donors (Lipinski definition) is 2. The number of amides is 1. The maximum atomic E-state index is 11.9. The summed E-state index contributed by atoms with van der Waals surface area (Å²) < 4.78 is 11.1. The van der Waals surface area contributed by atoms with Crippen molar-refractivity contribution in [3.8, 4) is 11.5 Å². The number of benzene rings is 2. The highest BCUT2D eigenvalue weighted by molar-refractivity contribution is 7.80. The van der Waals surface area contributed by atoms with E-state index in [-0.39, 0.29) is 11.0 Å². The third kappa shape index (κ3) is 4.43. The van der Waals surface area contributed by atoms with Crippen LogP contribution in [0.4, 0.5) is 0 Å². The second-order valence-corrected chi connectivity index (χ2v) is 5.34. The van der Waals surface area contributed by atoms with Crippen LogP contribution in [-0.4, -0.2) is 18.1 Å². The number of rotatable bonds is 5. The van der Waals surface area contributed by atoms with Gasteiger partial charge in [0.2, 0.25) is 0 Å². The summed E-state index contributed by atoms with van der Waals surface area (Å²) in [5.41, 5.74) is 7.93. The van der Waals surface area contributed by atoms with Crippen LogP contribution < -0.4 is 20.5 Å². The van der Waals surface area contributed by atoms with Crippen molar-refractivity contribution >= 4 is 23.2 Å². The Bertz CT molecular complexity index is 732. The van der Waals surface area contributed by atoms with Crippen LogP contribution in [0.25, 0.3) is 0 Å². The average Bonchev–Trinajstić information content (AvgIpc) is 2.53. The lowest BCUT2D eigenvalue weighted by molar-refractivity contribution is 0.0977. The molecule has 0 atom stereocenters. The Balaban J connectivity index is 2.15. The molecule has 6 heteroatoms. The van der Waals surface area contributed by atoms with E-state index < -0.39 is 0 Å². The van der Waals surface area contributed by atoms with Crippen LogP contribution in [-0.2, 0) is 6.61 Å². The van der Waals surface area contributed by atoms with Crippen molar-refractivity contribution in [1.82, 2.24) is 5.32 Å². The topological polar surface area (TPSA) is 73.6 Å². The van der Waals surface area contributed by atoms with Crippen LogP contribution in [0.2, 0.25) is 0 Å². The standard InChI is InChI=1S/C17H18N2O3S/c1-11-5-3-4-6-13(11)10-22-14-8-7-12(9-15(14)21-2)16(20)19-17(18)23/h3-9H,10H2,1-2H3,(H3,18,19,20,23). The van der Waals surface area contributed by atoms with Gasteiger partial charge in [0, 0.05) is 5.56 Å². The van der Waals surface area contributed by atoms with Gasteiger partial charge < -0.3 is 15.2 Å². The van der Waals surface area contributed by atoms with E-state index in [4.69, 9.17) is 15.2 Å². The summed E-state index contributed by atoms with van der Waals surface area (Å²) >= 11 is 4.66. The second kappa shape index (κ2) is 7.60. The third-order valence-corrected chi connectivity index (χ3v) is 3.41. The first-order valence-electron chi connectivity index (χ1n) is 6.97. The van der Waals surface area contributed by atoms with Gasteiger partial charge >= 0.3 is 0 Å². The molecule has 2 aromatic carbocycles. The first kappa shape index (κ1) is 16.8. The monoisotopic (exact) mass is 330 g/mol. The van der Waals surface area contributed by atoms with Gasteiger partial charge in [0.05, 0.1) is 7.11 Å². The molecule has 2 aromatic rings. The Morgan fingerprint density at radius 1 is 1.22 bits per heavy atom. The minimum Gasteiger partial charge on any atom is -0.493 e. The maximum absolute atomic E-state index is 11.9. The minimum absolute atomic E-state index is 0.0751. The van der Waals surface area contributed by atoms with Gasteiger partial charge in [-0.05, 0) is 48.5 Å². The number of carbonyl (C=O) groups is 1. The van der Waals surface area contributed by atoms with Gasteiger partial charge in [0.15, 0.2) is 16.6 Å². The SMILES string of the molecule is COc1cc(C(=O)NC(N)=S)ccc1OCc1ccccc1C. The Hall–Kier alpha value is -2.60. The summed E-state index contributed by atoms with van der Waals surface area (Å²) in [6.07, 6.45) is 0. The zero-order valence-electron chi connectivity index (χ0n) is 13.0. The molecule has 0 bridgehead atoms. The fourth-order valence-corrected chi connectivity index (χ4v) is 2.13. The van der Waals surface area contributed by atoms with E-state index in [1.54, 1.807) is 18.2 Å². The predicted molar refractivity (Wildman–Crippen MR) is 92.8 cm³/mol. The third-order valence-electron chi connectivity index (χ3n) is 3.31. The Kier molecular flexibility index (Phi) is 5.54. The van der Waals surface area contributed by atoms with Crippen molar-refractivity contribution in [3.05, 3.63) is 59.2 Å². The second-order valence-electron chi connectivity index (χ2n) is 4.90. The molecule has 0 aliphatic rings. The highest BCUT2D eigenvalue weighted by Gasteiger charge is 2.12. The van der Waals surface area contributed by atoms with E-state index in [1.807, 2.05) is 31.2 Å². The predicted octanol–water partition coefficient (Wildman–Crippen LogP) is 2.56. The van der Waals surface area contributed by atoms with Crippen LogP contribution in [0.5, 0.6) is 11.5 Å². The number of nitrogens with two attached hydrogens (primary N) is 1. The summed E-state index contributed by atoms with van der Waals surface area (Å²) in [6, 6.07) is 12.9. The van der Waals surface area contributed by atoms with Crippen LogP contribution in [0, 0.1) is 6.92 Å². The van der Waals surface area contributed by atoms with Crippen molar-refractivity contribution < 1.29 is 14.3 Å². The number of ether oxygens (including phenoxy) is 2. The molecule has 0 unspecified atom stereocenters. The molecular weight excluding hydrogens is 312 g/mol. The van der Waals surface area contributed by atoms with Gasteiger partial charge in [-0.25, -0.2) is 0 Å². The molecule has 120 valence electrons. The van der Waals surface area contributed by atoms with Crippen molar-refractivity contribution in [3.63, 3.8) is 0 Å². The normalized spacial score (nSPS) is 10.0. The molecule has 2 rings (SSSR count). The number of nitrogens with one attached hydrogen (secondary N) is 1. The fourth-order valence-electron chi connectivity index (χ4n) is 2.04. The lowest BCUT2D eigenvalue weighted by Crippen LogP contribution is -2.34. The summed E-state index contributed by atoms with van der Waals surface area (Å²) in [5, 5.41) is 2.29. The summed E-state index contributed by atoms with van der Waals surface area (Å²) in [6.45, 7) is 2.44. The Morgan fingerprint density at radius 2 is 1.96 bits per heavy atom. The molecule has 23 heavy (non-hydrogen) atoms. The van der Waals surface area contributed by atoms with Gasteiger partial charge in [-0.3, -0.25) is 10.1 Å². The van der Waals surface area contributed by atoms with E-state index >= 15 is 0 Å². The molecule has 0 saturated carbocycles. The van der Waals surface area contributed by atoms with E-state index in [1.165, 1.54) is 7.11 Å². The van der Waals surface area contributed by atoms with Crippen LogP contribution >= 0.6 is 12.2 Å². The molecule has 1 amide bonds. The largest absolute Gasteiger partial charge is 0.493 e. The van der Waals surface area contributed by atoms with E-state index in [2.05, 4.69) is 17.5 Å². The zero-order valence-corrected chi connectivity index (χ0v) is 13.8. The molecule has 0 saturated heterocycles. The van der Waals surface area contributed by atoms with Gasteiger partial charge in [-0.2, -0.15) is 0 Å². The molecule has 5 nitrogen and oxygen atoms in total. The minimum atomic E-state index is -0.388.